The summed E-state index contributed by atoms with van der Waals surface area (Å²) < 4.78 is 38.1. The highest BCUT2D eigenvalue weighted by molar-refractivity contribution is 5.79. The van der Waals surface area contributed by atoms with Crippen LogP contribution in [0.5, 0.6) is 0 Å². The zero-order valence-electron chi connectivity index (χ0n) is 23.1. The van der Waals surface area contributed by atoms with Gasteiger partial charge in [-0.15, -0.1) is 0 Å². The van der Waals surface area contributed by atoms with Gasteiger partial charge < -0.3 is 24.4 Å². The van der Waals surface area contributed by atoms with Gasteiger partial charge in [0.1, 0.15) is 34.5 Å². The lowest BCUT2D eigenvalue weighted by molar-refractivity contribution is -0.134. The first-order chi connectivity index (χ1) is 19.8. The molecule has 2 N–H and O–H groups in total. The molecular formula is C28H31F2N9O2. The number of H-pyrrole nitrogens is 1. The fraction of sp³-hybridized carbons (Fsp3) is 0.393. The van der Waals surface area contributed by atoms with Gasteiger partial charge in [-0.2, -0.15) is 10.1 Å². The minimum atomic E-state index is -0.816. The fourth-order valence-corrected chi connectivity index (χ4v) is 5.03. The second-order valence-electron chi connectivity index (χ2n) is 10.5. The highest BCUT2D eigenvalue weighted by Gasteiger charge is 2.33. The number of amides is 1. The van der Waals surface area contributed by atoms with Crippen LogP contribution in [0, 0.1) is 18.6 Å². The van der Waals surface area contributed by atoms with Gasteiger partial charge in [0.2, 0.25) is 11.9 Å². The predicted octanol–water partition coefficient (Wildman–Crippen LogP) is 3.98. The molecule has 0 atom stereocenters. The molecule has 1 saturated carbocycles. The number of aromatic nitrogens is 6. The van der Waals surface area contributed by atoms with Gasteiger partial charge in [0, 0.05) is 50.7 Å². The lowest BCUT2D eigenvalue weighted by Crippen LogP contribution is -2.41. The summed E-state index contributed by atoms with van der Waals surface area (Å²) in [5.41, 5.74) is 2.91. The number of carbonyl (C=O) groups excluding carboxylic acids is 1. The van der Waals surface area contributed by atoms with Gasteiger partial charge in [-0.3, -0.25) is 9.89 Å². The molecule has 13 heteroatoms. The number of nitrogens with zero attached hydrogens (tertiary/aromatic N) is 7. The number of aromatic amines is 1. The molecule has 0 unspecified atom stereocenters. The molecule has 1 aliphatic heterocycles. The van der Waals surface area contributed by atoms with Gasteiger partial charge >= 0.3 is 0 Å². The van der Waals surface area contributed by atoms with E-state index < -0.39 is 11.6 Å². The Kier molecular flexibility index (Phi) is 7.12. The zero-order chi connectivity index (χ0) is 28.7. The number of rotatable bonds is 8. The molecular weight excluding hydrogens is 532 g/mol. The second kappa shape index (κ2) is 10.9. The Morgan fingerprint density at radius 3 is 2.51 bits per heavy atom. The number of ether oxygens (including phenoxy) is 1. The third kappa shape index (κ3) is 5.62. The highest BCUT2D eigenvalue weighted by Crippen LogP contribution is 2.48. The van der Waals surface area contributed by atoms with Crippen molar-refractivity contribution in [3.63, 3.8) is 0 Å². The summed E-state index contributed by atoms with van der Waals surface area (Å²) in [5, 5.41) is 10.5. The number of aryl methyl sites for hydroxylation is 2. The molecule has 1 saturated heterocycles. The molecule has 2 aliphatic rings. The maximum Gasteiger partial charge on any atom is 0.232 e. The minimum absolute atomic E-state index is 0.0831. The third-order valence-corrected chi connectivity index (χ3v) is 7.25. The van der Waals surface area contributed by atoms with Gasteiger partial charge in [0.25, 0.3) is 0 Å². The first-order valence-corrected chi connectivity index (χ1v) is 13.5. The summed E-state index contributed by atoms with van der Waals surface area (Å²) in [7, 11) is 3.38. The quantitative estimate of drug-likeness (QED) is 0.331. The van der Waals surface area contributed by atoms with E-state index in [1.165, 1.54) is 24.1 Å². The number of carbonyl (C=O) groups is 1. The smallest absolute Gasteiger partial charge is 0.232 e. The molecule has 4 heterocycles. The van der Waals surface area contributed by atoms with Crippen molar-refractivity contribution in [2.24, 2.45) is 7.05 Å². The lowest BCUT2D eigenvalue weighted by atomic mass is 10.1. The van der Waals surface area contributed by atoms with Crippen molar-refractivity contribution < 1.29 is 18.3 Å². The molecule has 2 fully saturated rings. The second-order valence-corrected chi connectivity index (χ2v) is 10.5. The Labute approximate surface area is 235 Å². The van der Waals surface area contributed by atoms with Crippen LogP contribution in [0.2, 0.25) is 0 Å². The number of imidazole rings is 1. The average Bonchev–Trinajstić information content (AvgIpc) is 3.56. The molecule has 0 bridgehead atoms. The van der Waals surface area contributed by atoms with E-state index in [1.807, 2.05) is 30.8 Å². The number of hydrogen-bond donors (Lipinski definition) is 2. The molecule has 41 heavy (non-hydrogen) atoms. The Bertz CT molecular complexity index is 1570. The van der Waals surface area contributed by atoms with Crippen molar-refractivity contribution >= 4 is 29.2 Å². The van der Waals surface area contributed by atoms with Crippen LogP contribution in [0.3, 0.4) is 0 Å². The van der Waals surface area contributed by atoms with Crippen molar-refractivity contribution in [2.45, 2.75) is 32.1 Å². The summed E-state index contributed by atoms with van der Waals surface area (Å²) in [5.74, 6) is -0.449. The Morgan fingerprint density at radius 2 is 1.90 bits per heavy atom. The molecule has 0 spiro atoms. The van der Waals surface area contributed by atoms with Gasteiger partial charge in [-0.25, -0.2) is 18.7 Å². The third-order valence-electron chi connectivity index (χ3n) is 7.25. The SMILES string of the molecule is Cc1cc(Nc2nc(N(C)c3c(F)cc(CC(=O)N4CCOCC4)cc3F)nc(-c3cn(C)cn3)c2C2CC2)n[nH]1. The van der Waals surface area contributed by atoms with Crippen molar-refractivity contribution in [3.8, 4) is 11.4 Å². The van der Waals surface area contributed by atoms with E-state index in [-0.39, 0.29) is 35.4 Å². The summed E-state index contributed by atoms with van der Waals surface area (Å²) >= 11 is 0. The van der Waals surface area contributed by atoms with E-state index in [0.29, 0.717) is 49.3 Å². The van der Waals surface area contributed by atoms with E-state index in [4.69, 9.17) is 14.7 Å². The average molecular weight is 564 g/mol. The van der Waals surface area contributed by atoms with Gasteiger partial charge in [-0.05, 0) is 43.4 Å². The molecule has 4 aromatic rings. The van der Waals surface area contributed by atoms with Crippen molar-refractivity contribution in [3.05, 3.63) is 59.2 Å². The van der Waals surface area contributed by atoms with Crippen LogP contribution >= 0.6 is 0 Å². The number of nitrogens with one attached hydrogen (secondary N) is 2. The Hall–Kier alpha value is -4.39. The van der Waals surface area contributed by atoms with Crippen LogP contribution in [0.15, 0.2) is 30.7 Å². The molecule has 1 amide bonds. The molecule has 0 radical (unpaired) electrons. The van der Waals surface area contributed by atoms with Crippen LogP contribution in [0.1, 0.15) is 35.6 Å². The van der Waals surface area contributed by atoms with Crippen LogP contribution in [-0.4, -0.2) is 73.9 Å². The van der Waals surface area contributed by atoms with Gasteiger partial charge in [-0.1, -0.05) is 0 Å². The van der Waals surface area contributed by atoms with Crippen LogP contribution in [0.25, 0.3) is 11.4 Å². The van der Waals surface area contributed by atoms with E-state index in [0.717, 1.165) is 24.1 Å². The monoisotopic (exact) mass is 563 g/mol. The van der Waals surface area contributed by atoms with Crippen LogP contribution in [0.4, 0.5) is 32.1 Å². The van der Waals surface area contributed by atoms with Gasteiger partial charge in [0.05, 0.1) is 26.0 Å². The van der Waals surface area contributed by atoms with E-state index in [9.17, 15) is 4.79 Å². The highest BCUT2D eigenvalue weighted by atomic mass is 19.1. The fourth-order valence-electron chi connectivity index (χ4n) is 5.03. The molecule has 1 aromatic carbocycles. The first-order valence-electron chi connectivity index (χ1n) is 13.5. The normalized spacial score (nSPS) is 15.3. The molecule has 214 valence electrons. The number of hydrogen-bond acceptors (Lipinski definition) is 8. The molecule has 6 rings (SSSR count). The summed E-state index contributed by atoms with van der Waals surface area (Å²) in [6.07, 6.45) is 5.37. The first kappa shape index (κ1) is 26.8. The van der Waals surface area contributed by atoms with Crippen molar-refractivity contribution in [1.82, 2.24) is 34.6 Å². The van der Waals surface area contributed by atoms with Crippen molar-refractivity contribution in [2.75, 3.05) is 43.6 Å². The maximum absolute atomic E-state index is 15.5. The van der Waals surface area contributed by atoms with E-state index >= 15 is 8.78 Å². The number of benzene rings is 1. The summed E-state index contributed by atoms with van der Waals surface area (Å²) in [4.78, 5) is 29.6. The Morgan fingerprint density at radius 1 is 1.17 bits per heavy atom. The topological polar surface area (TPSA) is 117 Å². The maximum atomic E-state index is 15.5. The van der Waals surface area contributed by atoms with Gasteiger partial charge in [0.15, 0.2) is 5.82 Å². The molecule has 11 nitrogen and oxygen atoms in total. The number of morpholine rings is 1. The zero-order valence-corrected chi connectivity index (χ0v) is 23.1. The summed E-state index contributed by atoms with van der Waals surface area (Å²) in [6.45, 7) is 3.73. The van der Waals surface area contributed by atoms with E-state index in [2.05, 4.69) is 20.5 Å². The standard InChI is InChI=1S/C28H31F2N9O2/c1-16-10-22(36-35-16)32-27-24(18-4-5-18)25(21-14-37(2)15-31-21)33-28(34-27)38(3)26-19(29)11-17(12-20(26)30)13-23(40)39-6-8-41-9-7-39/h10-12,14-15,18H,4-9,13H2,1-3H3,(H2,32,33,34,35,36). The largest absolute Gasteiger partial charge is 0.378 e. The number of halogens is 2. The van der Waals surface area contributed by atoms with Crippen LogP contribution in [-0.2, 0) is 23.0 Å². The predicted molar refractivity (Wildman–Crippen MR) is 148 cm³/mol. The van der Waals surface area contributed by atoms with Crippen LogP contribution < -0.4 is 10.2 Å². The Balaban J connectivity index is 1.37. The molecule has 3 aromatic heterocycles. The number of anilines is 4. The molecule has 1 aliphatic carbocycles. The minimum Gasteiger partial charge on any atom is -0.378 e. The summed E-state index contributed by atoms with van der Waals surface area (Å²) in [6, 6.07) is 4.23. The van der Waals surface area contributed by atoms with Crippen molar-refractivity contribution in [1.29, 1.82) is 0 Å². The lowest BCUT2D eigenvalue weighted by Gasteiger charge is -2.27. The van der Waals surface area contributed by atoms with E-state index in [1.54, 1.807) is 11.2 Å².